The van der Waals surface area contributed by atoms with Crippen LogP contribution in [0, 0.1) is 6.58 Å². The Bertz CT molecular complexity index is 36.5. The fourth-order valence-electron chi connectivity index (χ4n) is 0.136. The van der Waals surface area contributed by atoms with Crippen LogP contribution in [0.4, 0.5) is 0 Å². The summed E-state index contributed by atoms with van der Waals surface area (Å²) < 4.78 is 4.51. The molecule has 0 fully saturated rings. The maximum atomic E-state index is 5.01. The highest BCUT2D eigenvalue weighted by Crippen LogP contribution is 1.65. The normalized spacial score (nSPS) is 7.50. The molecule has 0 amide bonds. The number of rotatable bonds is 3. The van der Waals surface area contributed by atoms with Gasteiger partial charge in [-0.25, -0.2) is 0 Å². The van der Waals surface area contributed by atoms with E-state index in [-0.39, 0.29) is 0 Å². The first kappa shape index (κ1) is 5.50. The molecule has 0 unspecified atom stereocenters. The third-order valence-electron chi connectivity index (χ3n) is 0.332. The molecule has 0 heterocycles. The maximum absolute atomic E-state index is 5.01. The number of hydrogen-bond donors (Lipinski definition) is 1. The van der Waals surface area contributed by atoms with Crippen LogP contribution in [0.15, 0.2) is 6.26 Å². The predicted octanol–water partition coefficient (Wildman–Crippen LogP) is -0.0916. The summed E-state index contributed by atoms with van der Waals surface area (Å²) in [4.78, 5) is 0. The van der Waals surface area contributed by atoms with Gasteiger partial charge in [-0.2, -0.15) is 0 Å². The Morgan fingerprint density at radius 3 is 2.67 bits per heavy atom. The van der Waals surface area contributed by atoms with E-state index >= 15 is 0 Å². The molecule has 6 heavy (non-hydrogen) atoms. The monoisotopic (exact) mass is 86.1 g/mol. The quantitative estimate of drug-likeness (QED) is 0.385. The Morgan fingerprint density at radius 1 is 1.83 bits per heavy atom. The van der Waals surface area contributed by atoms with Crippen LogP contribution in [-0.4, -0.2) is 13.2 Å². The SMILES string of the molecule is [CH]=COCCN. The number of hydrogen-bond acceptors (Lipinski definition) is 2. The van der Waals surface area contributed by atoms with E-state index in [1.807, 2.05) is 0 Å². The highest BCUT2D eigenvalue weighted by atomic mass is 16.5. The van der Waals surface area contributed by atoms with Crippen molar-refractivity contribution >= 4 is 0 Å². The van der Waals surface area contributed by atoms with Gasteiger partial charge in [-0.1, -0.05) is 0 Å². The zero-order valence-corrected chi connectivity index (χ0v) is 3.55. The first-order valence-corrected chi connectivity index (χ1v) is 1.77. The second kappa shape index (κ2) is 4.50. The van der Waals surface area contributed by atoms with Crippen molar-refractivity contribution in [3.05, 3.63) is 12.8 Å². The van der Waals surface area contributed by atoms with Crippen molar-refractivity contribution in [2.75, 3.05) is 13.2 Å². The molecule has 0 spiro atoms. The molecule has 0 aromatic heterocycles. The Morgan fingerprint density at radius 2 is 2.50 bits per heavy atom. The first-order valence-electron chi connectivity index (χ1n) is 1.77. The Labute approximate surface area is 37.6 Å². The number of nitrogens with two attached hydrogens (primary N) is 1. The lowest BCUT2D eigenvalue weighted by atomic mass is 10.7. The van der Waals surface area contributed by atoms with E-state index in [4.69, 9.17) is 12.3 Å². The van der Waals surface area contributed by atoms with Crippen LogP contribution in [0.1, 0.15) is 0 Å². The lowest BCUT2D eigenvalue weighted by Crippen LogP contribution is -2.04. The molecule has 0 saturated heterocycles. The van der Waals surface area contributed by atoms with Crippen molar-refractivity contribution < 1.29 is 4.74 Å². The summed E-state index contributed by atoms with van der Waals surface area (Å²) in [6.07, 6.45) is 1.13. The minimum absolute atomic E-state index is 0.510. The van der Waals surface area contributed by atoms with E-state index in [1.165, 1.54) is 0 Å². The van der Waals surface area contributed by atoms with Crippen molar-refractivity contribution in [3.63, 3.8) is 0 Å². The van der Waals surface area contributed by atoms with Crippen LogP contribution in [0.25, 0.3) is 0 Å². The molecule has 0 aliphatic heterocycles. The summed E-state index contributed by atoms with van der Waals surface area (Å²) in [5.74, 6) is 0. The van der Waals surface area contributed by atoms with Gasteiger partial charge in [0.15, 0.2) is 0 Å². The lowest BCUT2D eigenvalue weighted by Gasteiger charge is -1.90. The van der Waals surface area contributed by atoms with Gasteiger partial charge in [-0.05, 0) is 6.58 Å². The van der Waals surface area contributed by atoms with E-state index in [0.29, 0.717) is 13.2 Å². The van der Waals surface area contributed by atoms with E-state index in [2.05, 4.69) is 4.74 Å². The molecule has 0 aromatic rings. The summed E-state index contributed by atoms with van der Waals surface area (Å²) >= 11 is 0. The molecular weight excluding hydrogens is 78.0 g/mol. The van der Waals surface area contributed by atoms with Crippen molar-refractivity contribution in [1.82, 2.24) is 0 Å². The molecular formula is C4H8NO. The van der Waals surface area contributed by atoms with Crippen molar-refractivity contribution in [3.8, 4) is 0 Å². The van der Waals surface area contributed by atoms with Crippen molar-refractivity contribution in [2.45, 2.75) is 0 Å². The zero-order chi connectivity index (χ0) is 4.83. The Hall–Kier alpha value is -0.500. The van der Waals surface area contributed by atoms with Crippen LogP contribution in [0.5, 0.6) is 0 Å². The van der Waals surface area contributed by atoms with Crippen LogP contribution in [-0.2, 0) is 4.74 Å². The van der Waals surface area contributed by atoms with Gasteiger partial charge in [0, 0.05) is 6.54 Å². The Balaban J connectivity index is 2.49. The molecule has 0 atom stereocenters. The average Bonchev–Trinajstić information content (AvgIpc) is 1.61. The van der Waals surface area contributed by atoms with E-state index < -0.39 is 0 Å². The number of ether oxygens (including phenoxy) is 1. The fraction of sp³-hybridized carbons (Fsp3) is 0.500. The fourth-order valence-corrected chi connectivity index (χ4v) is 0.136. The molecule has 0 aliphatic carbocycles. The smallest absolute Gasteiger partial charge is 0.0995 e. The molecule has 2 nitrogen and oxygen atoms in total. The molecule has 0 aliphatic rings. The topological polar surface area (TPSA) is 35.2 Å². The molecule has 1 radical (unpaired) electrons. The van der Waals surface area contributed by atoms with Gasteiger partial charge < -0.3 is 10.5 Å². The van der Waals surface area contributed by atoms with E-state index in [1.54, 1.807) is 0 Å². The van der Waals surface area contributed by atoms with Crippen molar-refractivity contribution in [2.24, 2.45) is 5.73 Å². The van der Waals surface area contributed by atoms with Crippen LogP contribution in [0.2, 0.25) is 0 Å². The summed E-state index contributed by atoms with van der Waals surface area (Å²) in [5.41, 5.74) is 5.01. The maximum Gasteiger partial charge on any atom is 0.0995 e. The lowest BCUT2D eigenvalue weighted by molar-refractivity contribution is 0.260. The molecule has 0 saturated carbocycles. The second-order valence-corrected chi connectivity index (χ2v) is 0.796. The summed E-state index contributed by atoms with van der Waals surface area (Å²) in [5, 5.41) is 0. The van der Waals surface area contributed by atoms with Gasteiger partial charge in [-0.15, -0.1) is 0 Å². The van der Waals surface area contributed by atoms with Gasteiger partial charge in [0.05, 0.1) is 12.9 Å². The molecule has 0 rings (SSSR count). The standard InChI is InChI=1S/C4H8NO/c1-2-6-4-3-5/h1-2H,3-5H2. The Kier molecular flexibility index (Phi) is 4.12. The molecule has 0 aromatic carbocycles. The minimum Gasteiger partial charge on any atom is -0.500 e. The largest absolute Gasteiger partial charge is 0.500 e. The molecule has 2 N–H and O–H groups in total. The van der Waals surface area contributed by atoms with Gasteiger partial charge in [0.1, 0.15) is 0 Å². The average molecular weight is 86.1 g/mol. The molecule has 35 valence electrons. The molecule has 0 bridgehead atoms. The van der Waals surface area contributed by atoms with Crippen LogP contribution >= 0.6 is 0 Å². The van der Waals surface area contributed by atoms with Crippen LogP contribution < -0.4 is 5.73 Å². The summed E-state index contributed by atoms with van der Waals surface area (Å²) in [6.45, 7) is 5.84. The van der Waals surface area contributed by atoms with E-state index in [0.717, 1.165) is 6.26 Å². The highest BCUT2D eigenvalue weighted by Gasteiger charge is 1.68. The first-order chi connectivity index (χ1) is 2.91. The predicted molar refractivity (Wildman–Crippen MR) is 23.9 cm³/mol. The molecule has 2 heteroatoms. The minimum atomic E-state index is 0.510. The van der Waals surface area contributed by atoms with E-state index in [9.17, 15) is 0 Å². The van der Waals surface area contributed by atoms with Crippen LogP contribution in [0.3, 0.4) is 0 Å². The zero-order valence-electron chi connectivity index (χ0n) is 3.55. The summed E-state index contributed by atoms with van der Waals surface area (Å²) in [6, 6.07) is 0. The second-order valence-electron chi connectivity index (χ2n) is 0.796. The van der Waals surface area contributed by atoms with Gasteiger partial charge in [0.25, 0.3) is 0 Å². The summed E-state index contributed by atoms with van der Waals surface area (Å²) in [7, 11) is 0. The van der Waals surface area contributed by atoms with Gasteiger partial charge in [-0.3, -0.25) is 0 Å². The third-order valence-corrected chi connectivity index (χ3v) is 0.332. The van der Waals surface area contributed by atoms with Gasteiger partial charge >= 0.3 is 0 Å². The third kappa shape index (κ3) is 3.50. The van der Waals surface area contributed by atoms with Gasteiger partial charge in [0.2, 0.25) is 0 Å². The van der Waals surface area contributed by atoms with Crippen molar-refractivity contribution in [1.29, 1.82) is 0 Å². The highest BCUT2D eigenvalue weighted by molar-refractivity contribution is 4.42.